The average molecular weight is 458 g/mol. The summed E-state index contributed by atoms with van der Waals surface area (Å²) < 4.78 is 5.50. The van der Waals surface area contributed by atoms with Crippen LogP contribution < -0.4 is 10.6 Å². The SMILES string of the molecule is Cc1c(C(=O)NCC2C(=O)NC(C)CC2C)cccc1C1CCN(C(=O)OC(C)(C)C)CC1. The Kier molecular flexibility index (Phi) is 7.70. The molecule has 0 aliphatic carbocycles. The maximum absolute atomic E-state index is 13.0. The third kappa shape index (κ3) is 6.27. The molecule has 0 spiro atoms. The standard InChI is InChI=1S/C26H39N3O4/c1-16-14-17(2)28-24(31)22(16)15-27-23(30)21-9-7-8-20(18(21)3)19-10-12-29(13-11-19)25(32)33-26(4,5)6/h7-9,16-17,19,22H,10-15H2,1-6H3,(H,27,30)(H,28,31). The molecular formula is C26H39N3O4. The number of hydrogen-bond donors (Lipinski definition) is 2. The van der Waals surface area contributed by atoms with Crippen molar-refractivity contribution in [3.05, 3.63) is 34.9 Å². The van der Waals surface area contributed by atoms with Gasteiger partial charge in [-0.1, -0.05) is 19.1 Å². The van der Waals surface area contributed by atoms with Crippen LogP contribution in [-0.4, -0.2) is 54.1 Å². The van der Waals surface area contributed by atoms with Gasteiger partial charge in [0.15, 0.2) is 0 Å². The van der Waals surface area contributed by atoms with Crippen molar-refractivity contribution in [2.24, 2.45) is 11.8 Å². The highest BCUT2D eigenvalue weighted by Gasteiger charge is 2.33. The molecule has 1 aromatic rings. The number of benzene rings is 1. The Hall–Kier alpha value is -2.57. The van der Waals surface area contributed by atoms with Crippen molar-refractivity contribution in [1.29, 1.82) is 0 Å². The molecule has 2 saturated heterocycles. The molecule has 0 saturated carbocycles. The minimum atomic E-state index is -0.499. The first-order valence-electron chi connectivity index (χ1n) is 12.1. The fourth-order valence-electron chi connectivity index (χ4n) is 5.02. The van der Waals surface area contributed by atoms with Crippen molar-refractivity contribution in [2.75, 3.05) is 19.6 Å². The molecule has 2 fully saturated rings. The van der Waals surface area contributed by atoms with Gasteiger partial charge in [0, 0.05) is 31.2 Å². The van der Waals surface area contributed by atoms with E-state index in [1.807, 2.05) is 46.8 Å². The lowest BCUT2D eigenvalue weighted by molar-refractivity contribution is -0.129. The molecule has 33 heavy (non-hydrogen) atoms. The van der Waals surface area contributed by atoms with Crippen LogP contribution in [0.1, 0.15) is 81.3 Å². The Morgan fingerprint density at radius 3 is 2.45 bits per heavy atom. The molecule has 2 aliphatic heterocycles. The fourth-order valence-corrected chi connectivity index (χ4v) is 5.02. The van der Waals surface area contributed by atoms with Gasteiger partial charge in [-0.2, -0.15) is 0 Å². The molecule has 7 nitrogen and oxygen atoms in total. The van der Waals surface area contributed by atoms with Gasteiger partial charge >= 0.3 is 6.09 Å². The van der Waals surface area contributed by atoms with Gasteiger partial charge in [-0.05, 0) is 82.9 Å². The molecule has 2 heterocycles. The largest absolute Gasteiger partial charge is 0.444 e. The van der Waals surface area contributed by atoms with Gasteiger partial charge in [0.1, 0.15) is 5.60 Å². The normalized spacial score (nSPS) is 24.2. The summed E-state index contributed by atoms with van der Waals surface area (Å²) >= 11 is 0. The molecule has 2 N–H and O–H groups in total. The summed E-state index contributed by atoms with van der Waals surface area (Å²) in [5, 5.41) is 5.97. The number of carbonyl (C=O) groups is 3. The Morgan fingerprint density at radius 2 is 1.85 bits per heavy atom. The van der Waals surface area contributed by atoms with E-state index in [-0.39, 0.29) is 35.8 Å². The van der Waals surface area contributed by atoms with Crippen molar-refractivity contribution in [2.45, 2.75) is 78.4 Å². The van der Waals surface area contributed by atoms with E-state index in [2.05, 4.69) is 23.6 Å². The molecule has 3 unspecified atom stereocenters. The second kappa shape index (κ2) is 10.1. The molecule has 3 amide bonds. The second-order valence-electron chi connectivity index (χ2n) is 10.7. The predicted octanol–water partition coefficient (Wildman–Crippen LogP) is 4.00. The maximum Gasteiger partial charge on any atom is 0.410 e. The monoisotopic (exact) mass is 457 g/mol. The van der Waals surface area contributed by atoms with Crippen molar-refractivity contribution in [1.82, 2.24) is 15.5 Å². The Morgan fingerprint density at radius 1 is 1.18 bits per heavy atom. The Balaban J connectivity index is 1.61. The minimum absolute atomic E-state index is 0.0174. The van der Waals surface area contributed by atoms with Crippen molar-refractivity contribution >= 4 is 17.9 Å². The highest BCUT2D eigenvalue weighted by Crippen LogP contribution is 2.32. The summed E-state index contributed by atoms with van der Waals surface area (Å²) in [5.41, 5.74) is 2.28. The molecule has 0 bridgehead atoms. The smallest absolute Gasteiger partial charge is 0.410 e. The zero-order valence-corrected chi connectivity index (χ0v) is 20.9. The summed E-state index contributed by atoms with van der Waals surface area (Å²) in [6.45, 7) is 13.3. The summed E-state index contributed by atoms with van der Waals surface area (Å²) in [5.74, 6) is 0.201. The Labute approximate surface area is 197 Å². The van der Waals surface area contributed by atoms with Crippen LogP contribution in [0.15, 0.2) is 18.2 Å². The number of likely N-dealkylation sites (tertiary alicyclic amines) is 1. The van der Waals surface area contributed by atoms with E-state index in [0.29, 0.717) is 31.1 Å². The van der Waals surface area contributed by atoms with Gasteiger partial charge in [-0.25, -0.2) is 4.79 Å². The Bertz CT molecular complexity index is 884. The van der Waals surface area contributed by atoms with Crippen molar-refractivity contribution in [3.63, 3.8) is 0 Å². The van der Waals surface area contributed by atoms with Crippen LogP contribution in [0.5, 0.6) is 0 Å². The first-order valence-corrected chi connectivity index (χ1v) is 12.1. The zero-order valence-electron chi connectivity index (χ0n) is 20.9. The van der Waals surface area contributed by atoms with E-state index in [4.69, 9.17) is 4.74 Å². The van der Waals surface area contributed by atoms with Gasteiger partial charge in [-0.15, -0.1) is 0 Å². The van der Waals surface area contributed by atoms with Crippen LogP contribution in [0.25, 0.3) is 0 Å². The number of piperidine rings is 2. The third-order valence-electron chi connectivity index (χ3n) is 6.83. The van der Waals surface area contributed by atoms with E-state index < -0.39 is 5.60 Å². The summed E-state index contributed by atoms with van der Waals surface area (Å²) in [6.07, 6.45) is 2.33. The van der Waals surface area contributed by atoms with Crippen LogP contribution in [-0.2, 0) is 9.53 Å². The van der Waals surface area contributed by atoms with Crippen LogP contribution in [0, 0.1) is 18.8 Å². The fraction of sp³-hybridized carbons (Fsp3) is 0.654. The van der Waals surface area contributed by atoms with E-state index >= 15 is 0 Å². The summed E-state index contributed by atoms with van der Waals surface area (Å²) in [4.78, 5) is 39.5. The lowest BCUT2D eigenvalue weighted by Gasteiger charge is -2.34. The van der Waals surface area contributed by atoms with Gasteiger partial charge in [-0.3, -0.25) is 9.59 Å². The number of rotatable bonds is 4. The van der Waals surface area contributed by atoms with Crippen LogP contribution in [0.3, 0.4) is 0 Å². The maximum atomic E-state index is 13.0. The van der Waals surface area contributed by atoms with E-state index in [1.54, 1.807) is 4.90 Å². The zero-order chi connectivity index (χ0) is 24.3. The van der Waals surface area contributed by atoms with E-state index in [9.17, 15) is 14.4 Å². The van der Waals surface area contributed by atoms with Crippen LogP contribution in [0.2, 0.25) is 0 Å². The molecular weight excluding hydrogens is 418 g/mol. The van der Waals surface area contributed by atoms with Crippen LogP contribution in [0.4, 0.5) is 4.79 Å². The van der Waals surface area contributed by atoms with Crippen molar-refractivity contribution < 1.29 is 19.1 Å². The summed E-state index contributed by atoms with van der Waals surface area (Å²) in [6, 6.07) is 6.03. The molecule has 0 aromatic heterocycles. The van der Waals surface area contributed by atoms with Gasteiger partial charge < -0.3 is 20.3 Å². The molecule has 2 aliphatic rings. The number of nitrogens with zero attached hydrogens (tertiary/aromatic N) is 1. The van der Waals surface area contributed by atoms with Gasteiger partial charge in [0.2, 0.25) is 5.91 Å². The number of ether oxygens (including phenoxy) is 1. The lowest BCUT2D eigenvalue weighted by atomic mass is 9.84. The number of hydrogen-bond acceptors (Lipinski definition) is 4. The number of amides is 3. The molecule has 182 valence electrons. The molecule has 0 radical (unpaired) electrons. The highest BCUT2D eigenvalue weighted by atomic mass is 16.6. The number of nitrogens with one attached hydrogen (secondary N) is 2. The van der Waals surface area contributed by atoms with E-state index in [1.165, 1.54) is 0 Å². The van der Waals surface area contributed by atoms with Gasteiger partial charge in [0.05, 0.1) is 5.92 Å². The quantitative estimate of drug-likeness (QED) is 0.715. The molecule has 7 heteroatoms. The third-order valence-corrected chi connectivity index (χ3v) is 6.83. The van der Waals surface area contributed by atoms with Crippen LogP contribution >= 0.6 is 0 Å². The average Bonchev–Trinajstić information content (AvgIpc) is 2.72. The topological polar surface area (TPSA) is 87.7 Å². The lowest BCUT2D eigenvalue weighted by Crippen LogP contribution is -2.50. The minimum Gasteiger partial charge on any atom is -0.444 e. The number of carbonyl (C=O) groups excluding carboxylic acids is 3. The predicted molar refractivity (Wildman–Crippen MR) is 128 cm³/mol. The molecule has 1 aromatic carbocycles. The summed E-state index contributed by atoms with van der Waals surface area (Å²) in [7, 11) is 0. The van der Waals surface area contributed by atoms with E-state index in [0.717, 1.165) is 30.4 Å². The first kappa shape index (κ1) is 25.1. The second-order valence-corrected chi connectivity index (χ2v) is 10.7. The molecule has 3 rings (SSSR count). The van der Waals surface area contributed by atoms with Gasteiger partial charge in [0.25, 0.3) is 5.91 Å². The first-order chi connectivity index (χ1) is 15.5. The molecule has 3 atom stereocenters. The highest BCUT2D eigenvalue weighted by molar-refractivity contribution is 5.96. The van der Waals surface area contributed by atoms with Crippen molar-refractivity contribution in [3.8, 4) is 0 Å².